The van der Waals surface area contributed by atoms with E-state index in [2.05, 4.69) is 34.4 Å². The molecule has 1 heterocycles. The summed E-state index contributed by atoms with van der Waals surface area (Å²) in [6, 6.07) is 6.09. The van der Waals surface area contributed by atoms with Gasteiger partial charge in [-0.3, -0.25) is 0 Å². The van der Waals surface area contributed by atoms with E-state index in [-0.39, 0.29) is 35.9 Å². The summed E-state index contributed by atoms with van der Waals surface area (Å²) in [5.41, 5.74) is 0. The van der Waals surface area contributed by atoms with Crippen molar-refractivity contribution in [3.63, 3.8) is 0 Å². The van der Waals surface area contributed by atoms with Crippen LogP contribution in [0.15, 0.2) is 29.3 Å². The van der Waals surface area contributed by atoms with Gasteiger partial charge in [0.1, 0.15) is 17.7 Å². The first-order valence-corrected chi connectivity index (χ1v) is 9.77. The molecule has 0 bridgehead atoms. The molecule has 1 aromatic rings. The average molecular weight is 492 g/mol. The lowest BCUT2D eigenvalue weighted by Crippen LogP contribution is -2.41. The van der Waals surface area contributed by atoms with Gasteiger partial charge in [-0.25, -0.2) is 9.38 Å². The number of hydrogen-bond donors (Lipinski definition) is 2. The Kier molecular flexibility index (Phi) is 11.7. The van der Waals surface area contributed by atoms with Crippen molar-refractivity contribution in [3.8, 4) is 5.75 Å². The van der Waals surface area contributed by atoms with Crippen LogP contribution in [0.3, 0.4) is 0 Å². The Balaban J connectivity index is 0.00000364. The Morgan fingerprint density at radius 1 is 1.30 bits per heavy atom. The van der Waals surface area contributed by atoms with E-state index in [9.17, 15) is 4.39 Å². The molecule has 2 rings (SSSR count). The largest absolute Gasteiger partial charge is 0.489 e. The van der Waals surface area contributed by atoms with Gasteiger partial charge in [-0.05, 0) is 70.0 Å². The molecular formula is C20H34FIN4O. The number of benzene rings is 1. The molecule has 0 spiro atoms. The standard InChI is InChI=1S/C20H33FN4O.HI/c1-4-11-25-12-10-17(15-25)14-24-20(22-5-2)23-13-16(3)26-19-8-6-18(21)7-9-19;/h6-9,16-17H,4-5,10-15H2,1-3H3,(H2,22,23,24);1H. The first kappa shape index (κ1) is 23.9. The fourth-order valence-corrected chi connectivity index (χ4v) is 3.18. The van der Waals surface area contributed by atoms with E-state index in [1.807, 2.05) is 6.92 Å². The number of nitrogens with one attached hydrogen (secondary N) is 2. The van der Waals surface area contributed by atoms with Gasteiger partial charge >= 0.3 is 0 Å². The van der Waals surface area contributed by atoms with Crippen LogP contribution in [-0.4, -0.2) is 56.2 Å². The van der Waals surface area contributed by atoms with Crippen molar-refractivity contribution in [1.82, 2.24) is 15.5 Å². The maximum Gasteiger partial charge on any atom is 0.191 e. The van der Waals surface area contributed by atoms with Crippen molar-refractivity contribution in [2.24, 2.45) is 10.9 Å². The van der Waals surface area contributed by atoms with Crippen molar-refractivity contribution in [1.29, 1.82) is 0 Å². The maximum atomic E-state index is 12.9. The van der Waals surface area contributed by atoms with Crippen LogP contribution >= 0.6 is 24.0 Å². The molecule has 0 radical (unpaired) electrons. The second-order valence-electron chi connectivity index (χ2n) is 6.94. The molecule has 1 aliphatic heterocycles. The van der Waals surface area contributed by atoms with E-state index in [1.54, 1.807) is 12.1 Å². The van der Waals surface area contributed by atoms with Gasteiger partial charge in [-0.2, -0.15) is 0 Å². The van der Waals surface area contributed by atoms with Crippen LogP contribution in [0.2, 0.25) is 0 Å². The van der Waals surface area contributed by atoms with Gasteiger partial charge in [0.15, 0.2) is 5.96 Å². The molecule has 1 aromatic carbocycles. The highest BCUT2D eigenvalue weighted by atomic mass is 127. The predicted molar refractivity (Wildman–Crippen MR) is 121 cm³/mol. The molecule has 27 heavy (non-hydrogen) atoms. The van der Waals surface area contributed by atoms with E-state index in [0.29, 0.717) is 18.2 Å². The summed E-state index contributed by atoms with van der Waals surface area (Å²) in [4.78, 5) is 7.16. The molecule has 1 fully saturated rings. The molecule has 0 saturated carbocycles. The number of rotatable bonds is 9. The van der Waals surface area contributed by atoms with Crippen LogP contribution in [-0.2, 0) is 0 Å². The van der Waals surface area contributed by atoms with Crippen LogP contribution in [0.1, 0.15) is 33.6 Å². The van der Waals surface area contributed by atoms with Gasteiger partial charge in [-0.1, -0.05) is 6.92 Å². The lowest BCUT2D eigenvalue weighted by Gasteiger charge is -2.18. The third kappa shape index (κ3) is 9.10. The van der Waals surface area contributed by atoms with E-state index in [0.717, 1.165) is 19.0 Å². The minimum Gasteiger partial charge on any atom is -0.489 e. The fraction of sp³-hybridized carbons (Fsp3) is 0.650. The fourth-order valence-electron chi connectivity index (χ4n) is 3.18. The molecule has 7 heteroatoms. The zero-order chi connectivity index (χ0) is 18.8. The summed E-state index contributed by atoms with van der Waals surface area (Å²) in [6.07, 6.45) is 2.38. The van der Waals surface area contributed by atoms with E-state index in [1.165, 1.54) is 44.6 Å². The van der Waals surface area contributed by atoms with Crippen LogP contribution in [0.5, 0.6) is 5.75 Å². The molecule has 1 saturated heterocycles. The van der Waals surface area contributed by atoms with Crippen LogP contribution in [0, 0.1) is 11.7 Å². The molecule has 154 valence electrons. The number of guanidine groups is 1. The molecule has 2 atom stereocenters. The van der Waals surface area contributed by atoms with Crippen molar-refractivity contribution < 1.29 is 9.13 Å². The summed E-state index contributed by atoms with van der Waals surface area (Å²) in [6.45, 7) is 12.1. The SMILES string of the molecule is CCCN1CCC(CNC(=NCC(C)Oc2ccc(F)cc2)NCC)C1.I. The van der Waals surface area contributed by atoms with Gasteiger partial charge in [0.25, 0.3) is 0 Å². The summed E-state index contributed by atoms with van der Waals surface area (Å²) >= 11 is 0. The lowest BCUT2D eigenvalue weighted by molar-refractivity contribution is 0.230. The number of halogens is 2. The number of likely N-dealkylation sites (tertiary alicyclic amines) is 1. The van der Waals surface area contributed by atoms with Gasteiger partial charge < -0.3 is 20.3 Å². The van der Waals surface area contributed by atoms with Crippen molar-refractivity contribution in [2.45, 2.75) is 39.7 Å². The molecule has 2 unspecified atom stereocenters. The second-order valence-corrected chi connectivity index (χ2v) is 6.94. The molecule has 0 amide bonds. The first-order chi connectivity index (χ1) is 12.6. The Morgan fingerprint density at radius 3 is 2.70 bits per heavy atom. The molecule has 1 aliphatic rings. The minimum absolute atomic E-state index is 0. The van der Waals surface area contributed by atoms with Crippen molar-refractivity contribution >= 4 is 29.9 Å². The highest BCUT2D eigenvalue weighted by Gasteiger charge is 2.21. The molecule has 0 aliphatic carbocycles. The third-order valence-corrected chi connectivity index (χ3v) is 4.47. The number of aliphatic imine (C=N–C) groups is 1. The zero-order valence-electron chi connectivity index (χ0n) is 16.7. The van der Waals surface area contributed by atoms with Gasteiger partial charge in [-0.15, -0.1) is 24.0 Å². The highest BCUT2D eigenvalue weighted by molar-refractivity contribution is 14.0. The highest BCUT2D eigenvalue weighted by Crippen LogP contribution is 2.15. The van der Waals surface area contributed by atoms with Gasteiger partial charge in [0.05, 0.1) is 6.54 Å². The van der Waals surface area contributed by atoms with Crippen LogP contribution < -0.4 is 15.4 Å². The second kappa shape index (κ2) is 13.1. The van der Waals surface area contributed by atoms with E-state index in [4.69, 9.17) is 4.74 Å². The van der Waals surface area contributed by atoms with Crippen molar-refractivity contribution in [3.05, 3.63) is 30.1 Å². The summed E-state index contributed by atoms with van der Waals surface area (Å²) in [5.74, 6) is 1.91. The van der Waals surface area contributed by atoms with Gasteiger partial charge in [0.2, 0.25) is 0 Å². The number of nitrogens with zero attached hydrogens (tertiary/aromatic N) is 2. The quantitative estimate of drug-likeness (QED) is 0.315. The molecule has 5 nitrogen and oxygen atoms in total. The van der Waals surface area contributed by atoms with Crippen LogP contribution in [0.4, 0.5) is 4.39 Å². The molecule has 0 aromatic heterocycles. The van der Waals surface area contributed by atoms with E-state index >= 15 is 0 Å². The Labute approximate surface area is 180 Å². The summed E-state index contributed by atoms with van der Waals surface area (Å²) in [5, 5.41) is 6.75. The van der Waals surface area contributed by atoms with Crippen molar-refractivity contribution in [2.75, 3.05) is 39.3 Å². The Bertz CT molecular complexity index is 555. The molecular weight excluding hydrogens is 458 g/mol. The minimum atomic E-state index is -0.258. The smallest absolute Gasteiger partial charge is 0.191 e. The maximum absolute atomic E-state index is 12.9. The Morgan fingerprint density at radius 2 is 2.04 bits per heavy atom. The monoisotopic (exact) mass is 492 g/mol. The first-order valence-electron chi connectivity index (χ1n) is 9.77. The van der Waals surface area contributed by atoms with E-state index < -0.39 is 0 Å². The Hall–Kier alpha value is -1.09. The zero-order valence-corrected chi connectivity index (χ0v) is 19.0. The number of hydrogen-bond acceptors (Lipinski definition) is 3. The number of ether oxygens (including phenoxy) is 1. The van der Waals surface area contributed by atoms with Crippen LogP contribution in [0.25, 0.3) is 0 Å². The normalized spacial score (nSPS) is 18.7. The topological polar surface area (TPSA) is 48.9 Å². The average Bonchev–Trinajstić information content (AvgIpc) is 3.07. The molecule has 2 N–H and O–H groups in total. The predicted octanol–water partition coefficient (Wildman–Crippen LogP) is 3.50. The lowest BCUT2D eigenvalue weighted by atomic mass is 10.1. The third-order valence-electron chi connectivity index (χ3n) is 4.47. The summed E-state index contributed by atoms with van der Waals surface area (Å²) in [7, 11) is 0. The van der Waals surface area contributed by atoms with Gasteiger partial charge in [0, 0.05) is 19.6 Å². The summed E-state index contributed by atoms with van der Waals surface area (Å²) < 4.78 is 18.7.